The van der Waals surface area contributed by atoms with Crippen LogP contribution in [0.1, 0.15) is 61.8 Å². The number of hydrogen-bond donors (Lipinski definition) is 1. The average Bonchev–Trinajstić information content (AvgIpc) is 3.17. The van der Waals surface area contributed by atoms with E-state index < -0.39 is 0 Å². The highest BCUT2D eigenvalue weighted by Crippen LogP contribution is 2.37. The van der Waals surface area contributed by atoms with Crippen molar-refractivity contribution in [2.24, 2.45) is 17.6 Å². The van der Waals surface area contributed by atoms with Crippen molar-refractivity contribution in [3.63, 3.8) is 0 Å². The zero-order chi connectivity index (χ0) is 15.9. The molecule has 3 atom stereocenters. The van der Waals surface area contributed by atoms with Gasteiger partial charge < -0.3 is 10.6 Å². The van der Waals surface area contributed by atoms with Gasteiger partial charge in [-0.15, -0.1) is 0 Å². The van der Waals surface area contributed by atoms with Crippen molar-refractivity contribution in [1.29, 1.82) is 0 Å². The Morgan fingerprint density at radius 1 is 1.36 bits per heavy atom. The second kappa shape index (κ2) is 6.03. The highest BCUT2D eigenvalue weighted by Gasteiger charge is 2.43. The van der Waals surface area contributed by atoms with Crippen molar-refractivity contribution >= 4 is 5.91 Å². The van der Waals surface area contributed by atoms with E-state index in [1.165, 1.54) is 6.42 Å². The molecule has 0 spiro atoms. The van der Waals surface area contributed by atoms with Crippen LogP contribution in [-0.4, -0.2) is 39.7 Å². The Morgan fingerprint density at radius 3 is 2.73 bits per heavy atom. The lowest BCUT2D eigenvalue weighted by atomic mass is 9.98. The lowest BCUT2D eigenvalue weighted by Gasteiger charge is -2.21. The van der Waals surface area contributed by atoms with Gasteiger partial charge in [-0.05, 0) is 50.5 Å². The monoisotopic (exact) mass is 304 g/mol. The molecule has 1 saturated heterocycles. The molecule has 2 fully saturated rings. The average molecular weight is 304 g/mol. The molecule has 3 rings (SSSR count). The Hall–Kier alpha value is -1.36. The summed E-state index contributed by atoms with van der Waals surface area (Å²) in [7, 11) is 0. The Kier molecular flexibility index (Phi) is 4.26. The number of amides is 1. The standard InChI is InChI=1S/C17H28N4O/c1-4-13(5-2)21-16(8-11(3)19-21)17(22)20-9-12-6-7-15(18)14(12)10-20/h8,12-15H,4-7,9-10,18H2,1-3H3. The Morgan fingerprint density at radius 2 is 2.09 bits per heavy atom. The fourth-order valence-electron chi connectivity index (χ4n) is 4.22. The predicted octanol–water partition coefficient (Wildman–Crippen LogP) is 2.36. The van der Waals surface area contributed by atoms with E-state index in [0.717, 1.165) is 43.7 Å². The van der Waals surface area contributed by atoms with Crippen molar-refractivity contribution in [2.75, 3.05) is 13.1 Å². The van der Waals surface area contributed by atoms with Crippen molar-refractivity contribution in [2.45, 2.75) is 58.5 Å². The summed E-state index contributed by atoms with van der Waals surface area (Å²) < 4.78 is 1.95. The van der Waals surface area contributed by atoms with Gasteiger partial charge in [0.25, 0.3) is 5.91 Å². The number of likely N-dealkylation sites (tertiary alicyclic amines) is 1. The molecule has 1 amide bonds. The summed E-state index contributed by atoms with van der Waals surface area (Å²) in [5.74, 6) is 1.23. The van der Waals surface area contributed by atoms with Gasteiger partial charge in [0.15, 0.2) is 0 Å². The topological polar surface area (TPSA) is 64.2 Å². The molecule has 1 aromatic heterocycles. The smallest absolute Gasteiger partial charge is 0.272 e. The second-order valence-corrected chi connectivity index (χ2v) is 6.96. The highest BCUT2D eigenvalue weighted by molar-refractivity contribution is 5.93. The van der Waals surface area contributed by atoms with Crippen molar-refractivity contribution in [1.82, 2.24) is 14.7 Å². The molecule has 5 heteroatoms. The van der Waals surface area contributed by atoms with Crippen LogP contribution in [0.15, 0.2) is 6.07 Å². The maximum atomic E-state index is 13.0. The Bertz CT molecular complexity index is 549. The molecule has 1 saturated carbocycles. The van der Waals surface area contributed by atoms with Gasteiger partial charge in [-0.2, -0.15) is 5.10 Å². The first-order valence-electron chi connectivity index (χ1n) is 8.66. The van der Waals surface area contributed by atoms with E-state index in [2.05, 4.69) is 18.9 Å². The summed E-state index contributed by atoms with van der Waals surface area (Å²) in [5.41, 5.74) is 7.86. The van der Waals surface area contributed by atoms with Crippen molar-refractivity contribution in [3.05, 3.63) is 17.5 Å². The SMILES string of the molecule is CCC(CC)n1nc(C)cc1C(=O)N1CC2CCC(N)C2C1. The van der Waals surface area contributed by atoms with E-state index in [4.69, 9.17) is 5.73 Å². The van der Waals surface area contributed by atoms with Crippen LogP contribution < -0.4 is 5.73 Å². The van der Waals surface area contributed by atoms with E-state index in [1.54, 1.807) is 0 Å². The van der Waals surface area contributed by atoms with Crippen LogP contribution in [-0.2, 0) is 0 Å². The second-order valence-electron chi connectivity index (χ2n) is 6.96. The molecule has 0 radical (unpaired) electrons. The third-order valence-corrected chi connectivity index (χ3v) is 5.56. The molecule has 1 aliphatic heterocycles. The number of carbonyl (C=O) groups excluding carboxylic acids is 1. The third kappa shape index (κ3) is 2.56. The number of aryl methyl sites for hydroxylation is 1. The summed E-state index contributed by atoms with van der Waals surface area (Å²) in [6.45, 7) is 7.95. The number of rotatable bonds is 4. The minimum Gasteiger partial charge on any atom is -0.337 e. The maximum Gasteiger partial charge on any atom is 0.272 e. The molecule has 1 aliphatic carbocycles. The number of hydrogen-bond acceptors (Lipinski definition) is 3. The fraction of sp³-hybridized carbons (Fsp3) is 0.765. The predicted molar refractivity (Wildman–Crippen MR) is 86.7 cm³/mol. The molecular formula is C17H28N4O. The van der Waals surface area contributed by atoms with Crippen molar-refractivity contribution in [3.8, 4) is 0 Å². The van der Waals surface area contributed by atoms with Crippen LogP contribution >= 0.6 is 0 Å². The number of fused-ring (bicyclic) bond motifs is 1. The summed E-state index contributed by atoms with van der Waals surface area (Å²) in [5, 5.41) is 4.58. The van der Waals surface area contributed by atoms with E-state index in [-0.39, 0.29) is 11.9 Å². The lowest BCUT2D eigenvalue weighted by molar-refractivity contribution is 0.0763. The van der Waals surface area contributed by atoms with Gasteiger partial charge in [0.1, 0.15) is 5.69 Å². The van der Waals surface area contributed by atoms with Crippen LogP contribution in [0, 0.1) is 18.8 Å². The minimum absolute atomic E-state index is 0.133. The van der Waals surface area contributed by atoms with Crippen LogP contribution in [0.2, 0.25) is 0 Å². The van der Waals surface area contributed by atoms with Gasteiger partial charge in [0, 0.05) is 19.1 Å². The fourth-order valence-corrected chi connectivity index (χ4v) is 4.22. The van der Waals surface area contributed by atoms with Gasteiger partial charge in [-0.25, -0.2) is 0 Å². The molecule has 0 aromatic carbocycles. The first-order valence-corrected chi connectivity index (χ1v) is 8.66. The molecule has 0 bridgehead atoms. The maximum absolute atomic E-state index is 13.0. The number of nitrogens with two attached hydrogens (primary N) is 1. The van der Waals surface area contributed by atoms with Crippen LogP contribution in [0.25, 0.3) is 0 Å². The van der Waals surface area contributed by atoms with E-state index in [1.807, 2.05) is 22.6 Å². The summed E-state index contributed by atoms with van der Waals surface area (Å²) >= 11 is 0. The van der Waals surface area contributed by atoms with E-state index >= 15 is 0 Å². The quantitative estimate of drug-likeness (QED) is 0.928. The normalized spacial score (nSPS) is 27.7. The first-order chi connectivity index (χ1) is 10.5. The lowest BCUT2D eigenvalue weighted by Crippen LogP contribution is -2.35. The molecule has 2 aliphatic rings. The van der Waals surface area contributed by atoms with Gasteiger partial charge in [-0.3, -0.25) is 9.48 Å². The van der Waals surface area contributed by atoms with Gasteiger partial charge in [-0.1, -0.05) is 13.8 Å². The van der Waals surface area contributed by atoms with Crippen LogP contribution in [0.3, 0.4) is 0 Å². The van der Waals surface area contributed by atoms with Gasteiger partial charge in [0.05, 0.1) is 11.7 Å². The Labute approximate surface area is 132 Å². The number of carbonyl (C=O) groups is 1. The van der Waals surface area contributed by atoms with E-state index in [0.29, 0.717) is 17.9 Å². The summed E-state index contributed by atoms with van der Waals surface area (Å²) in [4.78, 5) is 15.0. The zero-order valence-electron chi connectivity index (χ0n) is 14.0. The molecule has 1 aromatic rings. The van der Waals surface area contributed by atoms with Crippen molar-refractivity contribution < 1.29 is 4.79 Å². The highest BCUT2D eigenvalue weighted by atomic mass is 16.2. The van der Waals surface area contributed by atoms with Gasteiger partial charge >= 0.3 is 0 Å². The molecule has 2 N–H and O–H groups in total. The molecule has 2 heterocycles. The molecular weight excluding hydrogens is 276 g/mol. The van der Waals surface area contributed by atoms with Gasteiger partial charge in [0.2, 0.25) is 0 Å². The molecule has 5 nitrogen and oxygen atoms in total. The van der Waals surface area contributed by atoms with E-state index in [9.17, 15) is 4.79 Å². The first kappa shape index (κ1) is 15.5. The summed E-state index contributed by atoms with van der Waals surface area (Å²) in [6.07, 6.45) is 4.27. The van der Waals surface area contributed by atoms with Crippen LogP contribution in [0.4, 0.5) is 0 Å². The third-order valence-electron chi connectivity index (χ3n) is 5.56. The minimum atomic E-state index is 0.133. The molecule has 122 valence electrons. The molecule has 22 heavy (non-hydrogen) atoms. The summed E-state index contributed by atoms with van der Waals surface area (Å²) in [6, 6.07) is 2.51. The zero-order valence-corrected chi connectivity index (χ0v) is 14.0. The number of nitrogens with zero attached hydrogens (tertiary/aromatic N) is 3. The van der Waals surface area contributed by atoms with Crippen LogP contribution in [0.5, 0.6) is 0 Å². The largest absolute Gasteiger partial charge is 0.337 e. The number of aromatic nitrogens is 2. The molecule has 3 unspecified atom stereocenters. The Balaban J connectivity index is 1.81.